The molecule has 0 aliphatic carbocycles. The van der Waals surface area contributed by atoms with Crippen LogP contribution in [-0.4, -0.2) is 12.1 Å². The van der Waals surface area contributed by atoms with E-state index in [0.717, 1.165) is 33.6 Å². The van der Waals surface area contributed by atoms with Crippen LogP contribution in [0.3, 0.4) is 0 Å². The Labute approximate surface area is 88.9 Å². The summed E-state index contributed by atoms with van der Waals surface area (Å²) in [5.74, 6) is 0.769. The van der Waals surface area contributed by atoms with Gasteiger partial charge in [-0.3, -0.25) is 0 Å². The second-order valence-electron chi connectivity index (χ2n) is 3.66. The van der Waals surface area contributed by atoms with Gasteiger partial charge in [-0.05, 0) is 31.5 Å². The van der Waals surface area contributed by atoms with E-state index < -0.39 is 0 Å². The van der Waals surface area contributed by atoms with Gasteiger partial charge in [-0.2, -0.15) is 0 Å². The molecular formula is C12H14N2O. The predicted octanol–water partition coefficient (Wildman–Crippen LogP) is 2.44. The third kappa shape index (κ3) is 1.50. The maximum atomic E-state index is 5.99. The lowest BCUT2D eigenvalue weighted by molar-refractivity contribution is 0.419. The molecule has 0 spiro atoms. The number of pyridine rings is 1. The van der Waals surface area contributed by atoms with Crippen LogP contribution >= 0.6 is 0 Å². The highest BCUT2D eigenvalue weighted by atomic mass is 16.5. The van der Waals surface area contributed by atoms with Crippen molar-refractivity contribution in [3.63, 3.8) is 0 Å². The van der Waals surface area contributed by atoms with Crippen LogP contribution in [0.4, 0.5) is 5.69 Å². The van der Waals surface area contributed by atoms with Gasteiger partial charge >= 0.3 is 0 Å². The first-order valence-corrected chi connectivity index (χ1v) is 4.84. The Morgan fingerprint density at radius 1 is 1.27 bits per heavy atom. The first-order valence-electron chi connectivity index (χ1n) is 4.84. The van der Waals surface area contributed by atoms with E-state index in [9.17, 15) is 0 Å². The smallest absolute Gasteiger partial charge is 0.145 e. The zero-order chi connectivity index (χ0) is 11.0. The number of benzene rings is 1. The van der Waals surface area contributed by atoms with Crippen LogP contribution in [0, 0.1) is 13.8 Å². The average Bonchev–Trinajstić information content (AvgIpc) is 2.17. The molecule has 2 rings (SSSR count). The van der Waals surface area contributed by atoms with E-state index in [1.54, 1.807) is 7.11 Å². The van der Waals surface area contributed by atoms with E-state index in [-0.39, 0.29) is 0 Å². The lowest BCUT2D eigenvalue weighted by atomic mass is 10.1. The molecule has 0 amide bonds. The molecule has 78 valence electrons. The third-order valence-corrected chi connectivity index (χ3v) is 2.51. The zero-order valence-corrected chi connectivity index (χ0v) is 9.16. The number of nitrogens with zero attached hydrogens (tertiary/aromatic N) is 1. The molecule has 2 N–H and O–H groups in total. The Morgan fingerprint density at radius 3 is 2.67 bits per heavy atom. The van der Waals surface area contributed by atoms with Gasteiger partial charge in [-0.15, -0.1) is 0 Å². The van der Waals surface area contributed by atoms with Gasteiger partial charge in [0.1, 0.15) is 11.3 Å². The Hall–Kier alpha value is -1.77. The first kappa shape index (κ1) is 9.77. The summed E-state index contributed by atoms with van der Waals surface area (Å²) >= 11 is 0. The maximum absolute atomic E-state index is 5.99. The van der Waals surface area contributed by atoms with Gasteiger partial charge in [-0.1, -0.05) is 6.07 Å². The number of methoxy groups -OCH3 is 1. The topological polar surface area (TPSA) is 48.1 Å². The average molecular weight is 202 g/mol. The van der Waals surface area contributed by atoms with Crippen molar-refractivity contribution in [2.45, 2.75) is 13.8 Å². The second kappa shape index (κ2) is 3.42. The highest BCUT2D eigenvalue weighted by Crippen LogP contribution is 2.30. The number of aromatic nitrogens is 1. The molecule has 1 aromatic heterocycles. The van der Waals surface area contributed by atoms with Crippen molar-refractivity contribution in [2.75, 3.05) is 12.8 Å². The van der Waals surface area contributed by atoms with Crippen LogP contribution in [-0.2, 0) is 0 Å². The molecule has 1 aromatic carbocycles. The number of rotatable bonds is 1. The fourth-order valence-electron chi connectivity index (χ4n) is 1.82. The summed E-state index contributed by atoms with van der Waals surface area (Å²) < 4.78 is 5.27. The van der Waals surface area contributed by atoms with Crippen molar-refractivity contribution < 1.29 is 4.74 Å². The molecule has 3 heteroatoms. The quantitative estimate of drug-likeness (QED) is 0.772. The minimum Gasteiger partial charge on any atom is -0.494 e. The van der Waals surface area contributed by atoms with Crippen molar-refractivity contribution in [1.29, 1.82) is 0 Å². The summed E-state index contributed by atoms with van der Waals surface area (Å²) in [4.78, 5) is 4.46. The molecule has 0 radical (unpaired) electrons. The SMILES string of the molecule is COc1ccc(C)c2c(N)cc(C)nc12. The normalized spacial score (nSPS) is 10.6. The molecule has 3 nitrogen and oxygen atoms in total. The Kier molecular flexibility index (Phi) is 2.23. The van der Waals surface area contributed by atoms with Crippen molar-refractivity contribution >= 4 is 16.6 Å². The van der Waals surface area contributed by atoms with Gasteiger partial charge in [0.25, 0.3) is 0 Å². The van der Waals surface area contributed by atoms with E-state index in [1.807, 2.05) is 32.0 Å². The van der Waals surface area contributed by atoms with Gasteiger partial charge in [-0.25, -0.2) is 4.98 Å². The van der Waals surface area contributed by atoms with E-state index in [4.69, 9.17) is 10.5 Å². The number of nitrogens with two attached hydrogens (primary N) is 1. The minimum atomic E-state index is 0.758. The molecule has 0 atom stereocenters. The van der Waals surface area contributed by atoms with Crippen molar-refractivity contribution in [1.82, 2.24) is 4.98 Å². The van der Waals surface area contributed by atoms with Crippen LogP contribution in [0.25, 0.3) is 10.9 Å². The summed E-state index contributed by atoms with van der Waals surface area (Å²) in [5.41, 5.74) is 9.61. The lowest BCUT2D eigenvalue weighted by Crippen LogP contribution is -1.96. The summed E-state index contributed by atoms with van der Waals surface area (Å²) in [6.45, 7) is 3.95. The van der Waals surface area contributed by atoms with Crippen LogP contribution in [0.5, 0.6) is 5.75 Å². The monoisotopic (exact) mass is 202 g/mol. The molecule has 2 aromatic rings. The van der Waals surface area contributed by atoms with Gasteiger partial charge < -0.3 is 10.5 Å². The van der Waals surface area contributed by atoms with E-state index >= 15 is 0 Å². The second-order valence-corrected chi connectivity index (χ2v) is 3.66. The fourth-order valence-corrected chi connectivity index (χ4v) is 1.82. The summed E-state index contributed by atoms with van der Waals surface area (Å²) in [6, 6.07) is 5.80. The van der Waals surface area contributed by atoms with E-state index in [1.165, 1.54) is 0 Å². The maximum Gasteiger partial charge on any atom is 0.145 e. The van der Waals surface area contributed by atoms with Crippen LogP contribution in [0.15, 0.2) is 18.2 Å². The number of hydrogen-bond acceptors (Lipinski definition) is 3. The molecule has 0 saturated carbocycles. The first-order chi connectivity index (χ1) is 7.13. The summed E-state index contributed by atoms with van der Waals surface area (Å²) in [5, 5.41) is 0.986. The van der Waals surface area contributed by atoms with Gasteiger partial charge in [0.05, 0.1) is 7.11 Å². The Morgan fingerprint density at radius 2 is 2.00 bits per heavy atom. The number of aryl methyl sites for hydroxylation is 2. The molecule has 0 saturated heterocycles. The number of ether oxygens (including phenoxy) is 1. The highest BCUT2D eigenvalue weighted by molar-refractivity contribution is 5.96. The standard InChI is InChI=1S/C12H14N2O/c1-7-4-5-10(15-3)12-11(7)9(13)6-8(2)14-12/h4-6H,1-3H3,(H2,13,14). The van der Waals surface area contributed by atoms with Crippen LogP contribution in [0.2, 0.25) is 0 Å². The van der Waals surface area contributed by atoms with Gasteiger partial charge in [0, 0.05) is 16.8 Å². The highest BCUT2D eigenvalue weighted by Gasteiger charge is 2.08. The van der Waals surface area contributed by atoms with Crippen molar-refractivity contribution in [2.24, 2.45) is 0 Å². The lowest BCUT2D eigenvalue weighted by Gasteiger charge is -2.10. The molecule has 0 bridgehead atoms. The van der Waals surface area contributed by atoms with Gasteiger partial charge in [0.2, 0.25) is 0 Å². The van der Waals surface area contributed by atoms with Crippen molar-refractivity contribution in [3.05, 3.63) is 29.5 Å². The summed E-state index contributed by atoms with van der Waals surface area (Å²) in [6.07, 6.45) is 0. The summed E-state index contributed by atoms with van der Waals surface area (Å²) in [7, 11) is 1.64. The number of nitrogen functional groups attached to an aromatic ring is 1. The molecule has 0 unspecified atom stereocenters. The predicted molar refractivity (Wildman–Crippen MR) is 62.2 cm³/mol. The molecule has 1 heterocycles. The van der Waals surface area contributed by atoms with E-state index in [2.05, 4.69) is 4.98 Å². The van der Waals surface area contributed by atoms with Crippen molar-refractivity contribution in [3.8, 4) is 5.75 Å². The number of fused-ring (bicyclic) bond motifs is 1. The molecule has 0 aliphatic rings. The molecule has 0 fully saturated rings. The molecular weight excluding hydrogens is 188 g/mol. The Balaban J connectivity index is 2.93. The van der Waals surface area contributed by atoms with E-state index in [0.29, 0.717) is 0 Å². The fraction of sp³-hybridized carbons (Fsp3) is 0.250. The van der Waals surface area contributed by atoms with Crippen LogP contribution in [0.1, 0.15) is 11.3 Å². The Bertz CT molecular complexity index is 521. The molecule has 0 aliphatic heterocycles. The zero-order valence-electron chi connectivity index (χ0n) is 9.16. The minimum absolute atomic E-state index is 0.758. The third-order valence-electron chi connectivity index (χ3n) is 2.51. The molecule has 15 heavy (non-hydrogen) atoms. The van der Waals surface area contributed by atoms with Crippen LogP contribution < -0.4 is 10.5 Å². The largest absolute Gasteiger partial charge is 0.494 e. The van der Waals surface area contributed by atoms with Gasteiger partial charge in [0.15, 0.2) is 0 Å². The number of hydrogen-bond donors (Lipinski definition) is 1. The number of anilines is 1.